The largest absolute Gasteiger partial charge is 0.486 e. The van der Waals surface area contributed by atoms with E-state index in [4.69, 9.17) is 15.2 Å². The van der Waals surface area contributed by atoms with Gasteiger partial charge in [0.15, 0.2) is 11.5 Å². The minimum atomic E-state index is 0.280. The topological polar surface area (TPSA) is 82.3 Å². The van der Waals surface area contributed by atoms with E-state index in [1.807, 2.05) is 19.1 Å². The third-order valence-electron chi connectivity index (χ3n) is 3.30. The fraction of sp³-hybridized carbons (Fsp3) is 0.333. The molecule has 0 amide bonds. The van der Waals surface area contributed by atoms with Gasteiger partial charge in [0, 0.05) is 18.3 Å². The SMILES string of the molecule is Cc1cnc(N)nc1NCCc1ccc2c(c1)OCCO2. The van der Waals surface area contributed by atoms with Crippen molar-refractivity contribution in [2.75, 3.05) is 30.8 Å². The Kier molecular flexibility index (Phi) is 3.77. The van der Waals surface area contributed by atoms with Crippen LogP contribution in [0.4, 0.5) is 11.8 Å². The number of nitrogens with two attached hydrogens (primary N) is 1. The Morgan fingerprint density at radius 2 is 2.05 bits per heavy atom. The summed E-state index contributed by atoms with van der Waals surface area (Å²) in [6.07, 6.45) is 2.58. The molecule has 0 saturated heterocycles. The van der Waals surface area contributed by atoms with Gasteiger partial charge in [-0.15, -0.1) is 0 Å². The first-order valence-corrected chi connectivity index (χ1v) is 6.94. The Hall–Kier alpha value is -2.50. The Balaban J connectivity index is 1.61. The van der Waals surface area contributed by atoms with Crippen LogP contribution in [0, 0.1) is 6.92 Å². The van der Waals surface area contributed by atoms with Crippen molar-refractivity contribution in [2.45, 2.75) is 13.3 Å². The van der Waals surface area contributed by atoms with E-state index in [9.17, 15) is 0 Å². The molecule has 0 fully saturated rings. The van der Waals surface area contributed by atoms with Gasteiger partial charge in [0.1, 0.15) is 19.0 Å². The number of aromatic nitrogens is 2. The molecular formula is C15H18N4O2. The van der Waals surface area contributed by atoms with Crippen molar-refractivity contribution in [3.63, 3.8) is 0 Å². The molecule has 0 radical (unpaired) electrons. The molecule has 1 aromatic heterocycles. The third kappa shape index (κ3) is 3.16. The number of anilines is 2. The highest BCUT2D eigenvalue weighted by atomic mass is 16.6. The molecule has 0 aliphatic carbocycles. The van der Waals surface area contributed by atoms with Gasteiger partial charge in [-0.05, 0) is 31.0 Å². The molecule has 1 aliphatic heterocycles. The van der Waals surface area contributed by atoms with E-state index in [2.05, 4.69) is 21.4 Å². The first-order valence-electron chi connectivity index (χ1n) is 6.94. The quantitative estimate of drug-likeness (QED) is 0.891. The zero-order valence-electron chi connectivity index (χ0n) is 11.9. The molecule has 110 valence electrons. The molecule has 1 aromatic carbocycles. The van der Waals surface area contributed by atoms with Crippen molar-refractivity contribution in [1.82, 2.24) is 9.97 Å². The molecular weight excluding hydrogens is 268 g/mol. The summed E-state index contributed by atoms with van der Waals surface area (Å²) in [5.41, 5.74) is 7.76. The number of nitrogen functional groups attached to an aromatic ring is 1. The van der Waals surface area contributed by atoms with Gasteiger partial charge in [-0.1, -0.05) is 6.07 Å². The van der Waals surface area contributed by atoms with Gasteiger partial charge in [-0.3, -0.25) is 0 Å². The van der Waals surface area contributed by atoms with E-state index in [0.717, 1.165) is 35.8 Å². The highest BCUT2D eigenvalue weighted by Gasteiger charge is 2.11. The molecule has 2 heterocycles. The lowest BCUT2D eigenvalue weighted by atomic mass is 10.1. The van der Waals surface area contributed by atoms with Crippen LogP contribution in [0.3, 0.4) is 0 Å². The maximum absolute atomic E-state index is 5.59. The van der Waals surface area contributed by atoms with Gasteiger partial charge in [0.05, 0.1) is 0 Å². The normalized spacial score (nSPS) is 13.0. The maximum Gasteiger partial charge on any atom is 0.221 e. The van der Waals surface area contributed by atoms with Crippen molar-refractivity contribution in [2.24, 2.45) is 0 Å². The average Bonchev–Trinajstić information content (AvgIpc) is 2.50. The summed E-state index contributed by atoms with van der Waals surface area (Å²) >= 11 is 0. The van der Waals surface area contributed by atoms with Crippen LogP contribution in [0.25, 0.3) is 0 Å². The second-order valence-corrected chi connectivity index (χ2v) is 4.91. The van der Waals surface area contributed by atoms with Crippen LogP contribution < -0.4 is 20.5 Å². The number of nitrogens with one attached hydrogen (secondary N) is 1. The molecule has 0 atom stereocenters. The number of rotatable bonds is 4. The number of nitrogens with zero attached hydrogens (tertiary/aromatic N) is 2. The number of aryl methyl sites for hydroxylation is 1. The van der Waals surface area contributed by atoms with Crippen LogP contribution in [0.2, 0.25) is 0 Å². The van der Waals surface area contributed by atoms with Crippen molar-refractivity contribution in [3.8, 4) is 11.5 Å². The minimum Gasteiger partial charge on any atom is -0.486 e. The lowest BCUT2D eigenvalue weighted by molar-refractivity contribution is 0.171. The molecule has 0 spiro atoms. The van der Waals surface area contributed by atoms with E-state index >= 15 is 0 Å². The molecule has 2 aromatic rings. The van der Waals surface area contributed by atoms with Gasteiger partial charge in [-0.25, -0.2) is 4.98 Å². The summed E-state index contributed by atoms with van der Waals surface area (Å²) in [4.78, 5) is 8.14. The lowest BCUT2D eigenvalue weighted by Gasteiger charge is -2.19. The highest BCUT2D eigenvalue weighted by Crippen LogP contribution is 2.30. The summed E-state index contributed by atoms with van der Waals surface area (Å²) in [6, 6.07) is 6.03. The Labute approximate surface area is 123 Å². The molecule has 21 heavy (non-hydrogen) atoms. The van der Waals surface area contributed by atoms with Gasteiger partial charge in [-0.2, -0.15) is 4.98 Å². The van der Waals surface area contributed by atoms with E-state index < -0.39 is 0 Å². The fourth-order valence-corrected chi connectivity index (χ4v) is 2.20. The van der Waals surface area contributed by atoms with Gasteiger partial charge in [0.2, 0.25) is 5.95 Å². The molecule has 1 aliphatic rings. The first-order chi connectivity index (χ1) is 10.2. The summed E-state index contributed by atoms with van der Waals surface area (Å²) < 4.78 is 11.1. The Morgan fingerprint density at radius 1 is 1.24 bits per heavy atom. The zero-order chi connectivity index (χ0) is 14.7. The van der Waals surface area contributed by atoms with Crippen LogP contribution in [0.1, 0.15) is 11.1 Å². The molecule has 0 saturated carbocycles. The molecule has 6 heteroatoms. The first kappa shape index (κ1) is 13.5. The van der Waals surface area contributed by atoms with Crippen molar-refractivity contribution in [1.29, 1.82) is 0 Å². The van der Waals surface area contributed by atoms with Crippen LogP contribution in [0.15, 0.2) is 24.4 Å². The molecule has 0 unspecified atom stereocenters. The second kappa shape index (κ2) is 5.87. The summed E-state index contributed by atoms with van der Waals surface area (Å²) in [5.74, 6) is 2.70. The molecule has 3 N–H and O–H groups in total. The van der Waals surface area contributed by atoms with Crippen LogP contribution in [-0.2, 0) is 6.42 Å². The average molecular weight is 286 g/mol. The molecule has 6 nitrogen and oxygen atoms in total. The number of hydrogen-bond acceptors (Lipinski definition) is 6. The molecule has 3 rings (SSSR count). The van der Waals surface area contributed by atoms with Gasteiger partial charge >= 0.3 is 0 Å². The monoisotopic (exact) mass is 286 g/mol. The summed E-state index contributed by atoms with van der Waals surface area (Å²) in [7, 11) is 0. The van der Waals surface area contributed by atoms with Crippen LogP contribution >= 0.6 is 0 Å². The predicted octanol–water partition coefficient (Wildman–Crippen LogP) is 1.79. The zero-order valence-corrected chi connectivity index (χ0v) is 11.9. The van der Waals surface area contributed by atoms with E-state index in [1.54, 1.807) is 6.20 Å². The van der Waals surface area contributed by atoms with E-state index in [0.29, 0.717) is 13.2 Å². The Morgan fingerprint density at radius 3 is 2.90 bits per heavy atom. The van der Waals surface area contributed by atoms with Gasteiger partial charge in [0.25, 0.3) is 0 Å². The number of fused-ring (bicyclic) bond motifs is 1. The maximum atomic E-state index is 5.59. The Bertz CT molecular complexity index is 646. The fourth-order valence-electron chi connectivity index (χ4n) is 2.20. The third-order valence-corrected chi connectivity index (χ3v) is 3.30. The van der Waals surface area contributed by atoms with Crippen molar-refractivity contribution >= 4 is 11.8 Å². The summed E-state index contributed by atoms with van der Waals surface area (Å²) in [5, 5.41) is 3.28. The smallest absolute Gasteiger partial charge is 0.221 e. The molecule has 0 bridgehead atoms. The summed E-state index contributed by atoms with van der Waals surface area (Å²) in [6.45, 7) is 3.93. The standard InChI is InChI=1S/C15H18N4O2/c1-10-9-18-15(16)19-14(10)17-5-4-11-2-3-12-13(8-11)21-7-6-20-12/h2-3,8-9H,4-7H2,1H3,(H3,16,17,18,19). The number of hydrogen-bond donors (Lipinski definition) is 2. The van der Waals surface area contributed by atoms with Crippen molar-refractivity contribution in [3.05, 3.63) is 35.5 Å². The van der Waals surface area contributed by atoms with Crippen LogP contribution in [0.5, 0.6) is 11.5 Å². The van der Waals surface area contributed by atoms with E-state index in [1.165, 1.54) is 5.56 Å². The minimum absolute atomic E-state index is 0.280. The second-order valence-electron chi connectivity index (χ2n) is 4.91. The van der Waals surface area contributed by atoms with Gasteiger partial charge < -0.3 is 20.5 Å². The van der Waals surface area contributed by atoms with E-state index in [-0.39, 0.29) is 5.95 Å². The predicted molar refractivity (Wildman–Crippen MR) is 80.8 cm³/mol. The number of benzene rings is 1. The lowest BCUT2D eigenvalue weighted by Crippen LogP contribution is -2.15. The number of ether oxygens (including phenoxy) is 2. The highest BCUT2D eigenvalue weighted by molar-refractivity contribution is 5.46. The van der Waals surface area contributed by atoms with Crippen LogP contribution in [-0.4, -0.2) is 29.7 Å². The van der Waals surface area contributed by atoms with Crippen molar-refractivity contribution < 1.29 is 9.47 Å².